The number of aliphatic carboxylic acids is 1. The highest BCUT2D eigenvalue weighted by Crippen LogP contribution is 2.28. The van der Waals surface area contributed by atoms with Crippen LogP contribution in [0.15, 0.2) is 0 Å². The highest BCUT2D eigenvalue weighted by Gasteiger charge is 2.34. The van der Waals surface area contributed by atoms with E-state index in [4.69, 9.17) is 10.2 Å². The molecule has 0 bridgehead atoms. The monoisotopic (exact) mass is 216 g/mol. The van der Waals surface area contributed by atoms with Crippen LogP contribution in [-0.4, -0.2) is 40.9 Å². The number of carbonyl (C=O) groups is 2. The van der Waals surface area contributed by atoms with Crippen LogP contribution in [0.4, 0.5) is 4.79 Å². The number of amides is 2. The van der Waals surface area contributed by atoms with Crippen LogP contribution >= 0.6 is 0 Å². The van der Waals surface area contributed by atoms with E-state index in [-0.39, 0.29) is 19.1 Å². The Bertz CT molecular complexity index is 256. The summed E-state index contributed by atoms with van der Waals surface area (Å²) in [6.45, 7) is 1.74. The first-order valence-corrected chi connectivity index (χ1v) is 4.95. The number of aliphatic hydroxyl groups is 1. The lowest BCUT2D eigenvalue weighted by atomic mass is 10.2. The van der Waals surface area contributed by atoms with Gasteiger partial charge in [0, 0.05) is 19.1 Å². The molecule has 0 heterocycles. The Morgan fingerprint density at radius 1 is 1.53 bits per heavy atom. The van der Waals surface area contributed by atoms with Gasteiger partial charge in [0.1, 0.15) is 6.04 Å². The van der Waals surface area contributed by atoms with Crippen LogP contribution in [0.2, 0.25) is 0 Å². The summed E-state index contributed by atoms with van der Waals surface area (Å²) < 4.78 is 0. The zero-order valence-corrected chi connectivity index (χ0v) is 8.56. The average Bonchev–Trinajstić information content (AvgIpc) is 2.80. The quantitative estimate of drug-likeness (QED) is 0.499. The van der Waals surface area contributed by atoms with Crippen molar-refractivity contribution in [1.29, 1.82) is 0 Å². The zero-order valence-electron chi connectivity index (χ0n) is 8.56. The van der Waals surface area contributed by atoms with Gasteiger partial charge in [0.25, 0.3) is 0 Å². The summed E-state index contributed by atoms with van der Waals surface area (Å²) in [5, 5.41) is 22.3. The Kier molecular flexibility index (Phi) is 3.90. The third-order valence-electron chi connectivity index (χ3n) is 2.45. The smallest absolute Gasteiger partial charge is 0.326 e. The first-order valence-electron chi connectivity index (χ1n) is 4.95. The number of carboxylic acid groups (broad SMARTS) is 1. The van der Waals surface area contributed by atoms with Crippen LogP contribution in [0.3, 0.4) is 0 Å². The van der Waals surface area contributed by atoms with Gasteiger partial charge in [-0.2, -0.15) is 0 Å². The standard InChI is InChI=1S/C9H16N2O4/c1-5-4-7(5)11-9(15)10-6(2-3-12)8(13)14/h5-7,12H,2-4H2,1H3,(H,13,14)(H2,10,11,15). The Morgan fingerprint density at radius 3 is 2.53 bits per heavy atom. The molecule has 1 fully saturated rings. The molecular formula is C9H16N2O4. The van der Waals surface area contributed by atoms with E-state index >= 15 is 0 Å². The molecule has 6 nitrogen and oxygen atoms in total. The molecule has 0 spiro atoms. The van der Waals surface area contributed by atoms with Crippen molar-refractivity contribution >= 4 is 12.0 Å². The van der Waals surface area contributed by atoms with Gasteiger partial charge in [-0.05, 0) is 12.3 Å². The third kappa shape index (κ3) is 3.75. The van der Waals surface area contributed by atoms with E-state index in [0.717, 1.165) is 6.42 Å². The molecule has 1 aliphatic rings. The van der Waals surface area contributed by atoms with E-state index in [9.17, 15) is 9.59 Å². The molecule has 15 heavy (non-hydrogen) atoms. The van der Waals surface area contributed by atoms with E-state index in [2.05, 4.69) is 10.6 Å². The minimum atomic E-state index is -1.14. The van der Waals surface area contributed by atoms with E-state index in [1.807, 2.05) is 6.92 Å². The van der Waals surface area contributed by atoms with E-state index in [0.29, 0.717) is 5.92 Å². The maximum Gasteiger partial charge on any atom is 0.326 e. The van der Waals surface area contributed by atoms with Gasteiger partial charge in [-0.25, -0.2) is 9.59 Å². The summed E-state index contributed by atoms with van der Waals surface area (Å²) in [6.07, 6.45) is 0.953. The molecule has 1 aliphatic carbocycles. The van der Waals surface area contributed by atoms with Gasteiger partial charge < -0.3 is 20.8 Å². The molecular weight excluding hydrogens is 200 g/mol. The molecule has 86 valence electrons. The Balaban J connectivity index is 2.30. The zero-order chi connectivity index (χ0) is 11.4. The van der Waals surface area contributed by atoms with Crippen molar-refractivity contribution in [2.75, 3.05) is 6.61 Å². The van der Waals surface area contributed by atoms with Gasteiger partial charge in [-0.15, -0.1) is 0 Å². The number of rotatable bonds is 5. The van der Waals surface area contributed by atoms with Crippen LogP contribution in [0.1, 0.15) is 19.8 Å². The normalized spacial score (nSPS) is 25.5. The van der Waals surface area contributed by atoms with E-state index in [1.54, 1.807) is 0 Å². The van der Waals surface area contributed by atoms with Crippen LogP contribution in [0, 0.1) is 5.92 Å². The summed E-state index contributed by atoms with van der Waals surface area (Å²) in [6, 6.07) is -1.34. The van der Waals surface area contributed by atoms with Gasteiger partial charge >= 0.3 is 12.0 Å². The average molecular weight is 216 g/mol. The lowest BCUT2D eigenvalue weighted by molar-refractivity contribution is -0.139. The topological polar surface area (TPSA) is 98.7 Å². The van der Waals surface area contributed by atoms with Crippen molar-refractivity contribution in [2.24, 2.45) is 5.92 Å². The molecule has 3 unspecified atom stereocenters. The lowest BCUT2D eigenvalue weighted by Crippen LogP contribution is -2.47. The van der Waals surface area contributed by atoms with Gasteiger partial charge in [-0.3, -0.25) is 0 Å². The predicted octanol–water partition coefficient (Wildman–Crippen LogP) is -0.470. The summed E-state index contributed by atoms with van der Waals surface area (Å²) >= 11 is 0. The largest absolute Gasteiger partial charge is 0.480 e. The Hall–Kier alpha value is -1.30. The van der Waals surface area contributed by atoms with Crippen molar-refractivity contribution in [2.45, 2.75) is 31.8 Å². The molecule has 0 aromatic rings. The van der Waals surface area contributed by atoms with Gasteiger partial charge in [0.2, 0.25) is 0 Å². The molecule has 3 atom stereocenters. The van der Waals surface area contributed by atoms with Gasteiger partial charge in [-0.1, -0.05) is 6.92 Å². The molecule has 2 amide bonds. The molecule has 1 rings (SSSR count). The predicted molar refractivity (Wildman–Crippen MR) is 52.4 cm³/mol. The summed E-state index contributed by atoms with van der Waals surface area (Å²) in [4.78, 5) is 21.9. The first kappa shape index (κ1) is 11.8. The second kappa shape index (κ2) is 4.97. The van der Waals surface area contributed by atoms with E-state index in [1.165, 1.54) is 0 Å². The fourth-order valence-electron chi connectivity index (χ4n) is 1.28. The highest BCUT2D eigenvalue weighted by molar-refractivity contribution is 5.82. The number of carboxylic acids is 1. The second-order valence-electron chi connectivity index (χ2n) is 3.84. The number of nitrogens with one attached hydrogen (secondary N) is 2. The second-order valence-corrected chi connectivity index (χ2v) is 3.84. The molecule has 0 aromatic carbocycles. The number of carbonyl (C=O) groups excluding carboxylic acids is 1. The number of hydrogen-bond donors (Lipinski definition) is 4. The van der Waals surface area contributed by atoms with Crippen molar-refractivity contribution < 1.29 is 19.8 Å². The Morgan fingerprint density at radius 2 is 2.13 bits per heavy atom. The van der Waals surface area contributed by atoms with Crippen molar-refractivity contribution in [3.05, 3.63) is 0 Å². The molecule has 1 saturated carbocycles. The highest BCUT2D eigenvalue weighted by atomic mass is 16.4. The first-order chi connectivity index (χ1) is 7.04. The molecule has 0 aliphatic heterocycles. The Labute approximate surface area is 87.7 Å². The maximum absolute atomic E-state index is 11.3. The minimum Gasteiger partial charge on any atom is -0.480 e. The maximum atomic E-state index is 11.3. The van der Waals surface area contributed by atoms with Crippen LogP contribution in [-0.2, 0) is 4.79 Å². The number of urea groups is 1. The number of aliphatic hydroxyl groups excluding tert-OH is 1. The third-order valence-corrected chi connectivity index (χ3v) is 2.45. The van der Waals surface area contributed by atoms with Crippen LogP contribution in [0.25, 0.3) is 0 Å². The van der Waals surface area contributed by atoms with Gasteiger partial charge in [0.15, 0.2) is 0 Å². The van der Waals surface area contributed by atoms with Gasteiger partial charge in [0.05, 0.1) is 0 Å². The SMILES string of the molecule is CC1CC1NC(=O)NC(CCO)C(=O)O. The molecule has 0 aromatic heterocycles. The van der Waals surface area contributed by atoms with E-state index < -0.39 is 18.0 Å². The molecule has 0 saturated heterocycles. The van der Waals surface area contributed by atoms with Crippen LogP contribution < -0.4 is 10.6 Å². The number of hydrogen-bond acceptors (Lipinski definition) is 3. The van der Waals surface area contributed by atoms with Crippen molar-refractivity contribution in [1.82, 2.24) is 10.6 Å². The van der Waals surface area contributed by atoms with Crippen molar-refractivity contribution in [3.8, 4) is 0 Å². The van der Waals surface area contributed by atoms with Crippen LogP contribution in [0.5, 0.6) is 0 Å². The summed E-state index contributed by atoms with van der Waals surface area (Å²) in [5.41, 5.74) is 0. The lowest BCUT2D eigenvalue weighted by Gasteiger charge is -2.13. The minimum absolute atomic E-state index is 0.0168. The molecule has 4 N–H and O–H groups in total. The fourth-order valence-corrected chi connectivity index (χ4v) is 1.28. The summed E-state index contributed by atoms with van der Waals surface area (Å²) in [7, 11) is 0. The molecule has 0 radical (unpaired) electrons. The fraction of sp³-hybridized carbons (Fsp3) is 0.778. The summed E-state index contributed by atoms with van der Waals surface area (Å²) in [5.74, 6) is -0.667. The molecule has 6 heteroatoms. The van der Waals surface area contributed by atoms with Crippen molar-refractivity contribution in [3.63, 3.8) is 0 Å².